The molecule has 1 aromatic heterocycles. The Hall–Kier alpha value is -0.450. The Bertz CT molecular complexity index is 334. The summed E-state index contributed by atoms with van der Waals surface area (Å²) >= 11 is 1.73. The summed E-state index contributed by atoms with van der Waals surface area (Å²) < 4.78 is 5.64. The lowest BCUT2D eigenvalue weighted by Gasteiger charge is -2.15. The maximum absolute atomic E-state index is 5.64. The maximum Gasteiger partial charge on any atom is 0.0898 e. The molecule has 96 valence electrons. The van der Waals surface area contributed by atoms with E-state index in [0.29, 0.717) is 12.1 Å². The SMILES string of the molecule is CNC(CCCC1CCCO1)c1csc(C)n1. The first kappa shape index (κ1) is 13.0. The van der Waals surface area contributed by atoms with Crippen LogP contribution in [0.1, 0.15) is 48.8 Å². The van der Waals surface area contributed by atoms with Gasteiger partial charge in [0.2, 0.25) is 0 Å². The predicted molar refractivity (Wildman–Crippen MR) is 71.5 cm³/mol. The van der Waals surface area contributed by atoms with Gasteiger partial charge >= 0.3 is 0 Å². The van der Waals surface area contributed by atoms with Crippen molar-refractivity contribution in [1.82, 2.24) is 10.3 Å². The van der Waals surface area contributed by atoms with E-state index in [4.69, 9.17) is 4.74 Å². The molecule has 0 saturated carbocycles. The fourth-order valence-corrected chi connectivity index (χ4v) is 3.07. The van der Waals surface area contributed by atoms with Crippen LogP contribution in [-0.4, -0.2) is 24.7 Å². The minimum absolute atomic E-state index is 0.404. The third-order valence-corrected chi connectivity index (χ3v) is 4.18. The van der Waals surface area contributed by atoms with Gasteiger partial charge in [0, 0.05) is 12.0 Å². The summed E-state index contributed by atoms with van der Waals surface area (Å²) in [5, 5.41) is 6.68. The topological polar surface area (TPSA) is 34.1 Å². The zero-order valence-corrected chi connectivity index (χ0v) is 11.6. The average Bonchev–Trinajstić information content (AvgIpc) is 2.96. The molecule has 2 atom stereocenters. The van der Waals surface area contributed by atoms with E-state index in [1.54, 1.807) is 11.3 Å². The van der Waals surface area contributed by atoms with Crippen LogP contribution >= 0.6 is 11.3 Å². The van der Waals surface area contributed by atoms with Crippen molar-refractivity contribution in [3.8, 4) is 0 Å². The largest absolute Gasteiger partial charge is 0.378 e. The van der Waals surface area contributed by atoms with E-state index in [0.717, 1.165) is 18.0 Å². The van der Waals surface area contributed by atoms with Gasteiger partial charge < -0.3 is 10.1 Å². The number of nitrogens with one attached hydrogen (secondary N) is 1. The van der Waals surface area contributed by atoms with Crippen molar-refractivity contribution < 1.29 is 4.74 Å². The molecule has 1 aromatic rings. The lowest BCUT2D eigenvalue weighted by atomic mass is 10.0. The minimum atomic E-state index is 0.404. The van der Waals surface area contributed by atoms with Gasteiger partial charge in [-0.05, 0) is 46.1 Å². The van der Waals surface area contributed by atoms with E-state index in [1.165, 1.54) is 31.4 Å². The fourth-order valence-electron chi connectivity index (χ4n) is 2.40. The van der Waals surface area contributed by atoms with E-state index in [9.17, 15) is 0 Å². The summed E-state index contributed by atoms with van der Waals surface area (Å²) in [6.07, 6.45) is 6.57. The third-order valence-electron chi connectivity index (χ3n) is 3.39. The Balaban J connectivity index is 1.75. The van der Waals surface area contributed by atoms with Crippen LogP contribution in [0.15, 0.2) is 5.38 Å². The van der Waals surface area contributed by atoms with E-state index in [2.05, 4.69) is 22.6 Å². The molecule has 0 aromatic carbocycles. The van der Waals surface area contributed by atoms with Crippen molar-refractivity contribution >= 4 is 11.3 Å². The first-order valence-corrected chi connectivity index (χ1v) is 7.38. The Morgan fingerprint density at radius 2 is 2.53 bits per heavy atom. The lowest BCUT2D eigenvalue weighted by molar-refractivity contribution is 0.101. The first-order chi connectivity index (χ1) is 8.29. The van der Waals surface area contributed by atoms with Crippen LogP contribution in [0, 0.1) is 6.92 Å². The summed E-state index contributed by atoms with van der Waals surface area (Å²) in [6, 6.07) is 0.404. The molecule has 1 saturated heterocycles. The number of hydrogen-bond acceptors (Lipinski definition) is 4. The van der Waals surface area contributed by atoms with Crippen LogP contribution in [0.2, 0.25) is 0 Å². The molecule has 1 fully saturated rings. The van der Waals surface area contributed by atoms with Crippen LogP contribution < -0.4 is 5.32 Å². The van der Waals surface area contributed by atoms with Crippen LogP contribution in [0.25, 0.3) is 0 Å². The molecule has 0 spiro atoms. The molecule has 0 bridgehead atoms. The Labute approximate surface area is 108 Å². The highest BCUT2D eigenvalue weighted by atomic mass is 32.1. The third kappa shape index (κ3) is 3.76. The number of ether oxygens (including phenoxy) is 1. The van der Waals surface area contributed by atoms with Gasteiger partial charge in [0.15, 0.2) is 0 Å². The number of aryl methyl sites for hydroxylation is 1. The van der Waals surface area contributed by atoms with Crippen molar-refractivity contribution in [2.24, 2.45) is 0 Å². The molecule has 2 rings (SSSR count). The summed E-state index contributed by atoms with van der Waals surface area (Å²) in [6.45, 7) is 3.03. The fraction of sp³-hybridized carbons (Fsp3) is 0.769. The van der Waals surface area contributed by atoms with E-state index in [1.807, 2.05) is 7.05 Å². The van der Waals surface area contributed by atoms with Crippen molar-refractivity contribution in [2.45, 2.75) is 51.2 Å². The monoisotopic (exact) mass is 254 g/mol. The van der Waals surface area contributed by atoms with Gasteiger partial charge in [-0.25, -0.2) is 4.98 Å². The second-order valence-corrected chi connectivity index (χ2v) is 5.76. The normalized spacial score (nSPS) is 21.9. The van der Waals surface area contributed by atoms with E-state index >= 15 is 0 Å². The van der Waals surface area contributed by atoms with Crippen molar-refractivity contribution in [2.75, 3.05) is 13.7 Å². The van der Waals surface area contributed by atoms with Crippen molar-refractivity contribution in [1.29, 1.82) is 0 Å². The molecule has 1 aliphatic heterocycles. The van der Waals surface area contributed by atoms with Gasteiger partial charge in [-0.2, -0.15) is 0 Å². The lowest BCUT2D eigenvalue weighted by Crippen LogP contribution is -2.17. The van der Waals surface area contributed by atoms with Gasteiger partial charge in [0.25, 0.3) is 0 Å². The molecule has 1 N–H and O–H groups in total. The van der Waals surface area contributed by atoms with Crippen LogP contribution in [-0.2, 0) is 4.74 Å². The molecular weight excluding hydrogens is 232 g/mol. The quantitative estimate of drug-likeness (QED) is 0.847. The summed E-state index contributed by atoms with van der Waals surface area (Å²) in [4.78, 5) is 4.56. The second kappa shape index (κ2) is 6.47. The average molecular weight is 254 g/mol. The van der Waals surface area contributed by atoms with Gasteiger partial charge in [-0.3, -0.25) is 0 Å². The number of nitrogens with zero attached hydrogens (tertiary/aromatic N) is 1. The molecule has 3 nitrogen and oxygen atoms in total. The molecule has 2 unspecified atom stereocenters. The van der Waals surface area contributed by atoms with Crippen LogP contribution in [0.3, 0.4) is 0 Å². The number of rotatable bonds is 6. The van der Waals surface area contributed by atoms with E-state index in [-0.39, 0.29) is 0 Å². The number of hydrogen-bond donors (Lipinski definition) is 1. The van der Waals surface area contributed by atoms with Gasteiger partial charge in [0.05, 0.1) is 22.8 Å². The molecule has 0 radical (unpaired) electrons. The molecule has 0 aliphatic carbocycles. The van der Waals surface area contributed by atoms with Gasteiger partial charge in [-0.15, -0.1) is 11.3 Å². The van der Waals surface area contributed by atoms with Crippen LogP contribution in [0.5, 0.6) is 0 Å². The maximum atomic E-state index is 5.64. The summed E-state index contributed by atoms with van der Waals surface area (Å²) in [7, 11) is 2.02. The smallest absolute Gasteiger partial charge is 0.0898 e. The van der Waals surface area contributed by atoms with Crippen molar-refractivity contribution in [3.05, 3.63) is 16.1 Å². The van der Waals surface area contributed by atoms with Crippen molar-refractivity contribution in [3.63, 3.8) is 0 Å². The number of thiazole rings is 1. The zero-order chi connectivity index (χ0) is 12.1. The first-order valence-electron chi connectivity index (χ1n) is 6.50. The highest BCUT2D eigenvalue weighted by Crippen LogP contribution is 2.23. The Morgan fingerprint density at radius 1 is 1.65 bits per heavy atom. The molecule has 17 heavy (non-hydrogen) atoms. The predicted octanol–water partition coefficient (Wildman–Crippen LogP) is 3.06. The molecule has 2 heterocycles. The molecule has 4 heteroatoms. The van der Waals surface area contributed by atoms with Gasteiger partial charge in [-0.1, -0.05) is 0 Å². The van der Waals surface area contributed by atoms with Gasteiger partial charge in [0.1, 0.15) is 0 Å². The molecular formula is C13H22N2OS. The highest BCUT2D eigenvalue weighted by molar-refractivity contribution is 7.09. The Kier molecular flexibility index (Phi) is 4.95. The highest BCUT2D eigenvalue weighted by Gasteiger charge is 2.17. The minimum Gasteiger partial charge on any atom is -0.378 e. The Morgan fingerprint density at radius 3 is 3.12 bits per heavy atom. The van der Waals surface area contributed by atoms with Crippen LogP contribution in [0.4, 0.5) is 0 Å². The second-order valence-electron chi connectivity index (χ2n) is 4.70. The standard InChI is InChI=1S/C13H22N2OS/c1-10-15-13(9-17-10)12(14-2)7-3-5-11-6-4-8-16-11/h9,11-12,14H,3-8H2,1-2H3. The molecule has 0 amide bonds. The molecule has 1 aliphatic rings. The van der Waals surface area contributed by atoms with E-state index < -0.39 is 0 Å². The summed E-state index contributed by atoms with van der Waals surface area (Å²) in [5.41, 5.74) is 1.20. The number of aromatic nitrogens is 1. The summed E-state index contributed by atoms with van der Waals surface area (Å²) in [5.74, 6) is 0. The zero-order valence-electron chi connectivity index (χ0n) is 10.7.